The van der Waals surface area contributed by atoms with Crippen molar-refractivity contribution >= 4 is 17.7 Å². The molecule has 1 amide bonds. The van der Waals surface area contributed by atoms with Gasteiger partial charge in [0.05, 0.1) is 11.3 Å². The maximum Gasteiger partial charge on any atom is 0.419 e. The molecule has 1 saturated heterocycles. The van der Waals surface area contributed by atoms with Gasteiger partial charge < -0.3 is 4.90 Å². The van der Waals surface area contributed by atoms with E-state index in [0.717, 1.165) is 34.9 Å². The number of carbonyl (C=O) groups excluding carboxylic acids is 1. The third-order valence-corrected chi connectivity index (χ3v) is 5.20. The number of rotatable bonds is 3. The lowest BCUT2D eigenvalue weighted by Gasteiger charge is -2.25. The van der Waals surface area contributed by atoms with Crippen LogP contribution in [-0.2, 0) is 17.5 Å². The van der Waals surface area contributed by atoms with Crippen molar-refractivity contribution in [2.24, 2.45) is 0 Å². The van der Waals surface area contributed by atoms with Gasteiger partial charge in [-0.1, -0.05) is 6.07 Å². The summed E-state index contributed by atoms with van der Waals surface area (Å²) in [6, 6.07) is 3.74. The fourth-order valence-electron chi connectivity index (χ4n) is 2.71. The fraction of sp³-hybridized carbons (Fsp3) is 0.235. The molecule has 3 rings (SSSR count). The minimum Gasteiger partial charge on any atom is -0.322 e. The third-order valence-electron chi connectivity index (χ3n) is 3.95. The molecule has 144 valence electrons. The first-order chi connectivity index (χ1) is 12.6. The Morgan fingerprint density at radius 3 is 2.19 bits per heavy atom. The van der Waals surface area contributed by atoms with Crippen molar-refractivity contribution in [1.82, 2.24) is 4.90 Å². The average Bonchev–Trinajstić information content (AvgIpc) is 2.92. The number of hydrogen-bond acceptors (Lipinski definition) is 2. The van der Waals surface area contributed by atoms with E-state index in [1.54, 1.807) is 0 Å². The topological polar surface area (TPSA) is 20.3 Å². The highest BCUT2D eigenvalue weighted by Crippen LogP contribution is 2.41. The molecule has 1 aliphatic rings. The van der Waals surface area contributed by atoms with Gasteiger partial charge in [-0.25, -0.2) is 17.6 Å². The number of hydrogen-bond donors (Lipinski definition) is 0. The summed E-state index contributed by atoms with van der Waals surface area (Å²) in [4.78, 5) is 13.2. The van der Waals surface area contributed by atoms with Crippen molar-refractivity contribution < 1.29 is 35.5 Å². The van der Waals surface area contributed by atoms with Gasteiger partial charge in [0.15, 0.2) is 17.5 Å². The van der Waals surface area contributed by atoms with Gasteiger partial charge in [0.25, 0.3) is 0 Å². The van der Waals surface area contributed by atoms with Gasteiger partial charge in [-0.2, -0.15) is 13.2 Å². The van der Waals surface area contributed by atoms with Crippen molar-refractivity contribution in [3.05, 3.63) is 70.3 Å². The van der Waals surface area contributed by atoms with Crippen molar-refractivity contribution in [3.8, 4) is 0 Å². The van der Waals surface area contributed by atoms with Crippen LogP contribution < -0.4 is 0 Å². The van der Waals surface area contributed by atoms with Gasteiger partial charge in [0, 0.05) is 6.54 Å². The molecule has 10 heteroatoms. The summed E-state index contributed by atoms with van der Waals surface area (Å²) in [6.45, 7) is -0.312. The Hall–Kier alpha value is -2.23. The van der Waals surface area contributed by atoms with E-state index in [-0.39, 0.29) is 23.4 Å². The van der Waals surface area contributed by atoms with Crippen LogP contribution in [0.1, 0.15) is 22.1 Å². The number of amides is 1. The predicted octanol–water partition coefficient (Wildman–Crippen LogP) is 5.04. The molecule has 2 nitrogen and oxygen atoms in total. The molecule has 0 N–H and O–H groups in total. The molecule has 2 aromatic carbocycles. The van der Waals surface area contributed by atoms with Crippen LogP contribution in [0.15, 0.2) is 30.3 Å². The summed E-state index contributed by atoms with van der Waals surface area (Å²) in [6.07, 6.45) is -4.86. The first kappa shape index (κ1) is 19.5. The van der Waals surface area contributed by atoms with Crippen molar-refractivity contribution in [1.29, 1.82) is 0 Å². The molecule has 1 atom stereocenters. The summed E-state index contributed by atoms with van der Waals surface area (Å²) >= 11 is 1.03. The van der Waals surface area contributed by atoms with Crippen LogP contribution in [-0.4, -0.2) is 16.6 Å². The SMILES string of the molecule is O=C1CSC(c2ccc(C(F)(F)F)c(F)c2)N1Cc1cc(F)c(F)c(F)c1. The quantitative estimate of drug-likeness (QED) is 0.523. The van der Waals surface area contributed by atoms with Gasteiger partial charge in [-0.15, -0.1) is 11.8 Å². The van der Waals surface area contributed by atoms with Crippen LogP contribution in [0.25, 0.3) is 0 Å². The lowest BCUT2D eigenvalue weighted by Crippen LogP contribution is -2.28. The Bertz CT molecular complexity index is 876. The van der Waals surface area contributed by atoms with Crippen LogP contribution >= 0.6 is 11.8 Å². The second-order valence-electron chi connectivity index (χ2n) is 5.80. The van der Waals surface area contributed by atoms with E-state index in [1.165, 1.54) is 0 Å². The van der Waals surface area contributed by atoms with E-state index in [4.69, 9.17) is 0 Å². The van der Waals surface area contributed by atoms with Gasteiger partial charge in [0.1, 0.15) is 11.2 Å². The average molecular weight is 409 g/mol. The number of alkyl halides is 3. The third kappa shape index (κ3) is 3.90. The van der Waals surface area contributed by atoms with Crippen molar-refractivity contribution in [3.63, 3.8) is 0 Å². The molecule has 0 spiro atoms. The van der Waals surface area contributed by atoms with Crippen LogP contribution in [0.4, 0.5) is 30.7 Å². The maximum absolute atomic E-state index is 13.8. The molecular formula is C17H10F7NOS. The van der Waals surface area contributed by atoms with Crippen LogP contribution in [0.3, 0.4) is 0 Å². The lowest BCUT2D eigenvalue weighted by atomic mass is 10.1. The predicted molar refractivity (Wildman–Crippen MR) is 83.5 cm³/mol. The number of carbonyl (C=O) groups is 1. The van der Waals surface area contributed by atoms with Gasteiger partial charge in [-0.3, -0.25) is 4.79 Å². The van der Waals surface area contributed by atoms with Gasteiger partial charge in [-0.05, 0) is 35.4 Å². The molecule has 0 radical (unpaired) electrons. The van der Waals surface area contributed by atoms with Crippen molar-refractivity contribution in [2.75, 3.05) is 5.75 Å². The highest BCUT2D eigenvalue weighted by molar-refractivity contribution is 8.00. The molecule has 2 aromatic rings. The smallest absolute Gasteiger partial charge is 0.322 e. The Labute approximate surface area is 153 Å². The first-order valence-electron chi connectivity index (χ1n) is 7.49. The molecule has 0 aliphatic carbocycles. The van der Waals surface area contributed by atoms with Crippen LogP contribution in [0, 0.1) is 23.3 Å². The number of thioether (sulfide) groups is 1. The first-order valence-corrected chi connectivity index (χ1v) is 8.54. The number of nitrogens with zero attached hydrogens (tertiary/aromatic N) is 1. The second-order valence-corrected chi connectivity index (χ2v) is 6.86. The summed E-state index contributed by atoms with van der Waals surface area (Å²) < 4.78 is 91.6. The normalized spacial score (nSPS) is 17.7. The van der Waals surface area contributed by atoms with Gasteiger partial charge in [0.2, 0.25) is 5.91 Å². The summed E-state index contributed by atoms with van der Waals surface area (Å²) in [5.41, 5.74) is -1.38. The fourth-order valence-corrected chi connectivity index (χ4v) is 3.89. The molecular weight excluding hydrogens is 399 g/mol. The Morgan fingerprint density at radius 2 is 1.63 bits per heavy atom. The maximum atomic E-state index is 13.8. The summed E-state index contributed by atoms with van der Waals surface area (Å²) in [5.74, 6) is -6.49. The molecule has 1 aliphatic heterocycles. The highest BCUT2D eigenvalue weighted by Gasteiger charge is 2.37. The standard InChI is InChI=1S/C17H10F7NOS/c18-11-5-9(1-2-10(11)17(22,23)24)16-25(14(26)7-27-16)6-8-3-12(19)15(21)13(20)4-8/h1-5,16H,6-7H2. The molecule has 1 unspecified atom stereocenters. The van der Waals surface area contributed by atoms with E-state index in [1.807, 2.05) is 0 Å². The van der Waals surface area contributed by atoms with Gasteiger partial charge >= 0.3 is 6.18 Å². The highest BCUT2D eigenvalue weighted by atomic mass is 32.2. The van der Waals surface area contributed by atoms with Crippen LogP contribution in [0.5, 0.6) is 0 Å². The molecule has 0 bridgehead atoms. The number of halogens is 7. The molecule has 0 saturated carbocycles. The van der Waals surface area contributed by atoms with E-state index >= 15 is 0 Å². The second kappa shape index (κ2) is 7.06. The molecule has 27 heavy (non-hydrogen) atoms. The molecule has 1 heterocycles. The minimum absolute atomic E-state index is 0.0420. The number of benzene rings is 2. The van der Waals surface area contributed by atoms with E-state index < -0.39 is 46.3 Å². The lowest BCUT2D eigenvalue weighted by molar-refractivity contribution is -0.140. The van der Waals surface area contributed by atoms with E-state index in [9.17, 15) is 35.5 Å². The monoisotopic (exact) mass is 409 g/mol. The Kier molecular flexibility index (Phi) is 5.11. The largest absolute Gasteiger partial charge is 0.419 e. The van der Waals surface area contributed by atoms with Crippen molar-refractivity contribution in [2.45, 2.75) is 18.1 Å². The van der Waals surface area contributed by atoms with Crippen LogP contribution in [0.2, 0.25) is 0 Å². The van der Waals surface area contributed by atoms with E-state index in [0.29, 0.717) is 12.1 Å². The minimum atomic E-state index is -4.86. The molecule has 1 fully saturated rings. The molecule has 0 aromatic heterocycles. The zero-order valence-electron chi connectivity index (χ0n) is 13.3. The Balaban J connectivity index is 1.90. The zero-order valence-corrected chi connectivity index (χ0v) is 14.1. The van der Waals surface area contributed by atoms with E-state index in [2.05, 4.69) is 0 Å². The summed E-state index contributed by atoms with van der Waals surface area (Å²) in [5, 5.41) is -0.842. The zero-order chi connectivity index (χ0) is 19.9. The Morgan fingerprint density at radius 1 is 1.00 bits per heavy atom. The summed E-state index contributed by atoms with van der Waals surface area (Å²) in [7, 11) is 0.